The minimum Gasteiger partial charge on any atom is -0.543 e. The van der Waals surface area contributed by atoms with E-state index in [9.17, 15) is 9.90 Å². The second-order valence-electron chi connectivity index (χ2n) is 2.36. The van der Waals surface area contributed by atoms with Crippen LogP contribution in [-0.2, 0) is 0 Å². The summed E-state index contributed by atoms with van der Waals surface area (Å²) in [5.74, 6) is -1.33. The number of aromatic nitrogens is 3. The molecule has 2 aromatic rings. The fraction of sp³-hybridized carbons (Fsp3) is 0. The number of hydrogen-bond acceptors (Lipinski definition) is 4. The van der Waals surface area contributed by atoms with Gasteiger partial charge in [0, 0.05) is 0 Å². The van der Waals surface area contributed by atoms with Gasteiger partial charge in [-0.1, -0.05) is 11.6 Å². The van der Waals surface area contributed by atoms with Gasteiger partial charge in [-0.05, 0) is 12.1 Å². The van der Waals surface area contributed by atoms with Crippen LogP contribution in [0.1, 0.15) is 10.5 Å². The predicted octanol–water partition coefficient (Wildman–Crippen LogP) is -3.25. The van der Waals surface area contributed by atoms with Crippen molar-refractivity contribution in [3.8, 4) is 0 Å². The Morgan fingerprint density at radius 2 is 2.21 bits per heavy atom. The third kappa shape index (κ3) is 1.75. The number of rotatable bonds is 1. The number of carbonyl (C=O) groups excluding carboxylic acids is 1. The van der Waals surface area contributed by atoms with Crippen molar-refractivity contribution in [1.82, 2.24) is 14.6 Å². The van der Waals surface area contributed by atoms with Crippen molar-refractivity contribution in [2.45, 2.75) is 0 Å². The minimum atomic E-state index is -1.33. The molecule has 0 saturated carbocycles. The number of carbonyl (C=O) groups is 1. The number of nitrogens with zero attached hydrogens (tertiary/aromatic N) is 3. The first kappa shape index (κ1) is 11.1. The molecule has 2 aromatic heterocycles. The van der Waals surface area contributed by atoms with E-state index >= 15 is 0 Å². The molecular weight excluding hydrogens is 200 g/mol. The summed E-state index contributed by atoms with van der Waals surface area (Å²) in [5.41, 5.74) is 0.307. The molecule has 5 nitrogen and oxygen atoms in total. The number of aromatic carboxylic acids is 1. The Hall–Kier alpha value is -1.02. The van der Waals surface area contributed by atoms with E-state index < -0.39 is 5.97 Å². The van der Waals surface area contributed by atoms with E-state index in [0.717, 1.165) is 4.52 Å². The molecule has 0 spiro atoms. The summed E-state index contributed by atoms with van der Waals surface area (Å²) >= 11 is 5.58. The van der Waals surface area contributed by atoms with Gasteiger partial charge in [0.15, 0.2) is 5.65 Å². The molecule has 0 aliphatic rings. The summed E-state index contributed by atoms with van der Waals surface area (Å²) in [5, 5.41) is 14.5. The molecule has 0 radical (unpaired) electrons. The maximum atomic E-state index is 10.5. The average molecular weight is 204 g/mol. The molecule has 0 bridgehead atoms. The van der Waals surface area contributed by atoms with Crippen LogP contribution in [0.4, 0.5) is 0 Å². The Labute approximate surface area is 95.9 Å². The van der Waals surface area contributed by atoms with E-state index in [1.54, 1.807) is 6.07 Å². The Kier molecular flexibility index (Phi) is 3.16. The molecule has 66 valence electrons. The Morgan fingerprint density at radius 3 is 2.86 bits per heavy atom. The maximum absolute atomic E-state index is 10.5. The van der Waals surface area contributed by atoms with Gasteiger partial charge in [0.05, 0.1) is 12.2 Å². The van der Waals surface area contributed by atoms with Gasteiger partial charge in [-0.2, -0.15) is 5.10 Å². The first-order valence-corrected chi connectivity index (χ1v) is 3.78. The molecule has 0 unspecified atom stereocenters. The normalized spacial score (nSPS) is 9.79. The van der Waals surface area contributed by atoms with Crippen molar-refractivity contribution in [2.24, 2.45) is 0 Å². The number of fused-ring (bicyclic) bond motifs is 1. The fourth-order valence-electron chi connectivity index (χ4n) is 0.990. The first-order valence-electron chi connectivity index (χ1n) is 3.40. The maximum Gasteiger partial charge on any atom is 1.00 e. The molecule has 0 aliphatic carbocycles. The van der Waals surface area contributed by atoms with Crippen molar-refractivity contribution in [1.29, 1.82) is 0 Å². The number of carboxylic acids is 1. The van der Waals surface area contributed by atoms with Gasteiger partial charge in [0.25, 0.3) is 0 Å². The van der Waals surface area contributed by atoms with Crippen molar-refractivity contribution in [3.63, 3.8) is 0 Å². The molecule has 0 N–H and O–H groups in total. The van der Waals surface area contributed by atoms with Crippen molar-refractivity contribution in [3.05, 3.63) is 29.2 Å². The van der Waals surface area contributed by atoms with Gasteiger partial charge in [-0.15, -0.1) is 0 Å². The van der Waals surface area contributed by atoms with E-state index in [4.69, 9.17) is 11.6 Å². The molecule has 7 heteroatoms. The predicted molar refractivity (Wildman–Crippen MR) is 42.3 cm³/mol. The molecule has 0 saturated heterocycles. The van der Waals surface area contributed by atoms with Crippen LogP contribution in [0, 0.1) is 0 Å². The van der Waals surface area contributed by atoms with Crippen molar-refractivity contribution in [2.75, 3.05) is 0 Å². The Balaban J connectivity index is 0.000000980. The zero-order chi connectivity index (χ0) is 9.42. The van der Waals surface area contributed by atoms with Crippen molar-refractivity contribution < 1.29 is 28.8 Å². The van der Waals surface area contributed by atoms with E-state index in [1.165, 1.54) is 12.3 Å². The minimum absolute atomic E-state index is 0. The van der Waals surface area contributed by atoms with E-state index in [-0.39, 0.29) is 29.7 Å². The Morgan fingerprint density at radius 1 is 1.50 bits per heavy atom. The zero-order valence-electron chi connectivity index (χ0n) is 7.27. The zero-order valence-corrected chi connectivity index (χ0v) is 8.02. The van der Waals surface area contributed by atoms with Crippen LogP contribution >= 0.6 is 11.6 Å². The van der Waals surface area contributed by atoms with Crippen LogP contribution in [-0.4, -0.2) is 20.6 Å². The quantitative estimate of drug-likeness (QED) is 0.457. The third-order valence-electron chi connectivity index (χ3n) is 1.54. The summed E-state index contributed by atoms with van der Waals surface area (Å²) < 4.78 is 1.12. The largest absolute Gasteiger partial charge is 1.00 e. The van der Waals surface area contributed by atoms with Crippen LogP contribution in [0.3, 0.4) is 0 Å². The summed E-state index contributed by atoms with van der Waals surface area (Å²) in [4.78, 5) is 14.3. The van der Waals surface area contributed by atoms with Crippen LogP contribution in [0.25, 0.3) is 5.65 Å². The van der Waals surface area contributed by atoms with Crippen LogP contribution in [0.15, 0.2) is 18.3 Å². The average Bonchev–Trinajstić information content (AvgIpc) is 2.46. The molecule has 0 atom stereocenters. The van der Waals surface area contributed by atoms with Gasteiger partial charge in [-0.25, -0.2) is 9.50 Å². The molecule has 0 fully saturated rings. The summed E-state index contributed by atoms with van der Waals surface area (Å²) in [6, 6.07) is 3.10. The van der Waals surface area contributed by atoms with E-state index in [0.29, 0.717) is 5.65 Å². The monoisotopic (exact) mass is 203 g/mol. The SMILES string of the molecule is O=C([O-])c1cnc2ccc(Cl)nn12.[Li+]. The summed E-state index contributed by atoms with van der Waals surface area (Å²) in [6.45, 7) is 0. The van der Waals surface area contributed by atoms with Gasteiger partial charge in [0.1, 0.15) is 10.8 Å². The van der Waals surface area contributed by atoms with Crippen LogP contribution in [0.5, 0.6) is 0 Å². The third-order valence-corrected chi connectivity index (χ3v) is 1.74. The van der Waals surface area contributed by atoms with Crippen molar-refractivity contribution >= 4 is 23.2 Å². The van der Waals surface area contributed by atoms with Gasteiger partial charge >= 0.3 is 18.9 Å². The smallest absolute Gasteiger partial charge is 0.543 e. The van der Waals surface area contributed by atoms with Gasteiger partial charge in [-0.3, -0.25) is 0 Å². The first-order chi connectivity index (χ1) is 6.18. The number of carboxylic acid groups (broad SMARTS) is 1. The number of hydrogen-bond donors (Lipinski definition) is 0. The second kappa shape index (κ2) is 4.01. The van der Waals surface area contributed by atoms with Crippen LogP contribution in [0.2, 0.25) is 5.15 Å². The Bertz CT molecular complexity index is 485. The number of halogens is 1. The molecule has 0 aliphatic heterocycles. The molecule has 14 heavy (non-hydrogen) atoms. The molecule has 2 rings (SSSR count). The number of imidazole rings is 1. The van der Waals surface area contributed by atoms with E-state index in [2.05, 4.69) is 10.1 Å². The summed E-state index contributed by atoms with van der Waals surface area (Å²) in [7, 11) is 0. The van der Waals surface area contributed by atoms with Crippen LogP contribution < -0.4 is 24.0 Å². The molecular formula is C7H3ClLiN3O2. The second-order valence-corrected chi connectivity index (χ2v) is 2.74. The molecule has 0 amide bonds. The standard InChI is InChI=1S/C7H4ClN3O2.Li/c8-5-1-2-6-9-3-4(7(12)13)11(6)10-5;/h1-3H,(H,12,13);/q;+1/p-1. The van der Waals surface area contributed by atoms with E-state index in [1.807, 2.05) is 0 Å². The topological polar surface area (TPSA) is 70.3 Å². The fourth-order valence-corrected chi connectivity index (χ4v) is 1.13. The molecule has 2 heterocycles. The summed E-state index contributed by atoms with van der Waals surface area (Å²) in [6.07, 6.45) is 1.17. The van der Waals surface area contributed by atoms with Gasteiger partial charge < -0.3 is 9.90 Å². The molecule has 0 aromatic carbocycles. The van der Waals surface area contributed by atoms with Gasteiger partial charge in [0.2, 0.25) is 0 Å².